The summed E-state index contributed by atoms with van der Waals surface area (Å²) in [6, 6.07) is 9.05. The summed E-state index contributed by atoms with van der Waals surface area (Å²) in [7, 11) is 2.01. The Labute approximate surface area is 120 Å². The smallest absolute Gasteiger partial charge is 0.293 e. The van der Waals surface area contributed by atoms with Gasteiger partial charge in [-0.25, -0.2) is 0 Å². The zero-order valence-electron chi connectivity index (χ0n) is 11.1. The van der Waals surface area contributed by atoms with E-state index in [0.29, 0.717) is 12.2 Å². The maximum Gasteiger partial charge on any atom is 0.293 e. The zero-order chi connectivity index (χ0) is 14.5. The van der Waals surface area contributed by atoms with Crippen LogP contribution in [0.5, 0.6) is 0 Å². The number of nitrogens with zero attached hydrogens (tertiary/aromatic N) is 2. The lowest BCUT2D eigenvalue weighted by Gasteiger charge is -2.16. The van der Waals surface area contributed by atoms with E-state index in [2.05, 4.69) is 16.4 Å². The fraction of sp³-hybridized carbons (Fsp3) is 0.231. The van der Waals surface area contributed by atoms with E-state index in [1.54, 1.807) is 23.5 Å². The van der Waals surface area contributed by atoms with Crippen molar-refractivity contribution in [3.05, 3.63) is 56.3 Å². The number of nitrogens with one attached hydrogen (secondary N) is 1. The highest BCUT2D eigenvalue weighted by atomic mass is 32.1. The molecule has 0 saturated heterocycles. The van der Waals surface area contributed by atoms with Gasteiger partial charge in [0.2, 0.25) is 0 Å². The number of benzene rings is 1. The van der Waals surface area contributed by atoms with E-state index in [1.807, 2.05) is 18.5 Å². The van der Waals surface area contributed by atoms with E-state index in [0.717, 1.165) is 12.1 Å². The first-order valence-corrected chi connectivity index (χ1v) is 6.93. The van der Waals surface area contributed by atoms with Crippen LogP contribution >= 0.6 is 11.3 Å². The van der Waals surface area contributed by atoms with Crippen molar-refractivity contribution in [1.82, 2.24) is 4.90 Å². The van der Waals surface area contributed by atoms with Crippen molar-refractivity contribution in [1.29, 1.82) is 0 Å². The minimum atomic E-state index is -0.450. The molecular formula is C13H16N4O2S. The Bertz CT molecular complexity index is 586. The molecule has 0 fully saturated rings. The lowest BCUT2D eigenvalue weighted by Crippen LogP contribution is -2.17. The number of nitrogen functional groups attached to an aromatic ring is 1. The molecule has 0 atom stereocenters. The number of thiophene rings is 1. The van der Waals surface area contributed by atoms with E-state index in [9.17, 15) is 10.1 Å². The maximum absolute atomic E-state index is 10.8. The van der Waals surface area contributed by atoms with E-state index in [-0.39, 0.29) is 5.69 Å². The first-order chi connectivity index (χ1) is 9.60. The molecule has 0 bridgehead atoms. The molecule has 0 amide bonds. The highest BCUT2D eigenvalue weighted by Gasteiger charge is 2.13. The molecule has 0 aliphatic rings. The van der Waals surface area contributed by atoms with Crippen molar-refractivity contribution < 1.29 is 4.92 Å². The van der Waals surface area contributed by atoms with Crippen molar-refractivity contribution in [3.8, 4) is 0 Å². The van der Waals surface area contributed by atoms with E-state index in [4.69, 9.17) is 5.84 Å². The average Bonchev–Trinajstić information content (AvgIpc) is 2.90. The number of hydrogen-bond donors (Lipinski definition) is 2. The first-order valence-electron chi connectivity index (χ1n) is 6.05. The molecule has 0 radical (unpaired) electrons. The third-order valence-electron chi connectivity index (χ3n) is 2.87. The van der Waals surface area contributed by atoms with E-state index < -0.39 is 4.92 Å². The highest BCUT2D eigenvalue weighted by Crippen LogP contribution is 2.25. The van der Waals surface area contributed by atoms with Gasteiger partial charge < -0.3 is 5.43 Å². The van der Waals surface area contributed by atoms with Crippen LogP contribution in [0.2, 0.25) is 0 Å². The number of hydrazine groups is 1. The summed E-state index contributed by atoms with van der Waals surface area (Å²) in [4.78, 5) is 13.8. The van der Waals surface area contributed by atoms with Crippen LogP contribution in [-0.4, -0.2) is 16.9 Å². The average molecular weight is 292 g/mol. The first kappa shape index (κ1) is 14.4. The Balaban J connectivity index is 2.07. The van der Waals surface area contributed by atoms with Gasteiger partial charge in [-0.2, -0.15) is 0 Å². The summed E-state index contributed by atoms with van der Waals surface area (Å²) in [5.41, 5.74) is 3.67. The molecule has 3 N–H and O–H groups in total. The van der Waals surface area contributed by atoms with Gasteiger partial charge in [0.15, 0.2) is 0 Å². The van der Waals surface area contributed by atoms with Gasteiger partial charge in [-0.3, -0.25) is 20.9 Å². The molecule has 6 nitrogen and oxygen atoms in total. The Morgan fingerprint density at radius 2 is 2.20 bits per heavy atom. The standard InChI is InChI=1S/C13H16N4O2S/c1-16(9-11-3-2-6-20-11)8-10-4-5-13(17(18)19)12(7-10)15-14/h2-7,15H,8-9,14H2,1H3. The van der Waals surface area contributed by atoms with Crippen molar-refractivity contribution >= 4 is 22.7 Å². The second-order valence-electron chi connectivity index (χ2n) is 4.50. The molecule has 2 aromatic rings. The fourth-order valence-electron chi connectivity index (χ4n) is 1.99. The van der Waals surface area contributed by atoms with Gasteiger partial charge in [-0.05, 0) is 30.1 Å². The van der Waals surface area contributed by atoms with Crippen LogP contribution < -0.4 is 11.3 Å². The topological polar surface area (TPSA) is 84.4 Å². The van der Waals surface area contributed by atoms with Gasteiger partial charge in [0.1, 0.15) is 5.69 Å². The SMILES string of the molecule is CN(Cc1ccc([N+](=O)[O-])c(NN)c1)Cc1cccs1. The normalized spacial score (nSPS) is 10.8. The third-order valence-corrected chi connectivity index (χ3v) is 3.73. The molecule has 0 aliphatic carbocycles. The van der Waals surface area contributed by atoms with Crippen molar-refractivity contribution in [2.24, 2.45) is 5.84 Å². The summed E-state index contributed by atoms with van der Waals surface area (Å²) >= 11 is 1.71. The molecule has 106 valence electrons. The lowest BCUT2D eigenvalue weighted by atomic mass is 10.1. The monoisotopic (exact) mass is 292 g/mol. The predicted octanol–water partition coefficient (Wildman–Crippen LogP) is 2.57. The van der Waals surface area contributed by atoms with Crippen LogP contribution in [-0.2, 0) is 13.1 Å². The van der Waals surface area contributed by atoms with Crippen molar-refractivity contribution in [2.45, 2.75) is 13.1 Å². The number of nitro groups is 1. The van der Waals surface area contributed by atoms with E-state index >= 15 is 0 Å². The van der Waals surface area contributed by atoms with Crippen LogP contribution in [0.1, 0.15) is 10.4 Å². The second-order valence-corrected chi connectivity index (χ2v) is 5.54. The van der Waals surface area contributed by atoms with Gasteiger partial charge in [0.25, 0.3) is 5.69 Å². The second kappa shape index (κ2) is 6.47. The minimum absolute atomic E-state index is 0.0165. The molecule has 2 rings (SSSR count). The molecule has 0 aliphatic heterocycles. The van der Waals surface area contributed by atoms with Gasteiger partial charge in [0, 0.05) is 24.0 Å². The predicted molar refractivity (Wildman–Crippen MR) is 80.4 cm³/mol. The molecule has 1 aromatic heterocycles. The molecule has 1 heterocycles. The van der Waals surface area contributed by atoms with Crippen LogP contribution in [0.15, 0.2) is 35.7 Å². The number of rotatable bonds is 6. The van der Waals surface area contributed by atoms with Crippen LogP contribution in [0.25, 0.3) is 0 Å². The van der Waals surface area contributed by atoms with Crippen molar-refractivity contribution in [3.63, 3.8) is 0 Å². The number of nitro benzene ring substituents is 1. The minimum Gasteiger partial charge on any atom is -0.318 e. The lowest BCUT2D eigenvalue weighted by molar-refractivity contribution is -0.384. The van der Waals surface area contributed by atoms with Crippen LogP contribution in [0.4, 0.5) is 11.4 Å². The number of nitrogens with two attached hydrogens (primary N) is 1. The zero-order valence-corrected chi connectivity index (χ0v) is 11.9. The molecule has 0 spiro atoms. The maximum atomic E-state index is 10.8. The summed E-state index contributed by atoms with van der Waals surface area (Å²) in [6.45, 7) is 1.55. The van der Waals surface area contributed by atoms with Gasteiger partial charge in [0.05, 0.1) is 4.92 Å². The Hall–Kier alpha value is -1.96. The summed E-state index contributed by atoms with van der Waals surface area (Å²) in [6.07, 6.45) is 0. The quantitative estimate of drug-likeness (QED) is 0.485. The molecule has 0 unspecified atom stereocenters. The summed E-state index contributed by atoms with van der Waals surface area (Å²) in [5, 5.41) is 12.9. The van der Waals surface area contributed by atoms with Crippen LogP contribution in [0, 0.1) is 10.1 Å². The number of anilines is 1. The van der Waals surface area contributed by atoms with Gasteiger partial charge in [-0.1, -0.05) is 12.1 Å². The van der Waals surface area contributed by atoms with Crippen LogP contribution in [0.3, 0.4) is 0 Å². The summed E-state index contributed by atoms with van der Waals surface area (Å²) in [5.74, 6) is 5.33. The van der Waals surface area contributed by atoms with Crippen molar-refractivity contribution in [2.75, 3.05) is 12.5 Å². The third kappa shape index (κ3) is 3.53. The summed E-state index contributed by atoms with van der Waals surface area (Å²) < 4.78 is 0. The fourth-order valence-corrected chi connectivity index (χ4v) is 2.78. The Morgan fingerprint density at radius 3 is 2.80 bits per heavy atom. The van der Waals surface area contributed by atoms with E-state index in [1.165, 1.54) is 10.9 Å². The number of hydrogen-bond acceptors (Lipinski definition) is 6. The molecular weight excluding hydrogens is 276 g/mol. The van der Waals surface area contributed by atoms with Gasteiger partial charge in [-0.15, -0.1) is 11.3 Å². The molecule has 0 saturated carbocycles. The molecule has 7 heteroatoms. The largest absolute Gasteiger partial charge is 0.318 e. The Kier molecular flexibility index (Phi) is 4.67. The Morgan fingerprint density at radius 1 is 1.40 bits per heavy atom. The molecule has 20 heavy (non-hydrogen) atoms. The molecule has 1 aromatic carbocycles. The highest BCUT2D eigenvalue weighted by molar-refractivity contribution is 7.09. The van der Waals surface area contributed by atoms with Gasteiger partial charge >= 0.3 is 0 Å².